The molecule has 3 aromatic carbocycles. The third kappa shape index (κ3) is 5.99. The fourth-order valence-electron chi connectivity index (χ4n) is 4.13. The molecule has 34 heavy (non-hydrogen) atoms. The fourth-order valence-corrected chi connectivity index (χ4v) is 4.32. The lowest BCUT2D eigenvalue weighted by Crippen LogP contribution is -2.34. The van der Waals surface area contributed by atoms with Crippen molar-refractivity contribution in [3.05, 3.63) is 82.4 Å². The van der Waals surface area contributed by atoms with E-state index in [0.717, 1.165) is 16.7 Å². The molecule has 0 bridgehead atoms. The van der Waals surface area contributed by atoms with Crippen LogP contribution in [-0.2, 0) is 19.3 Å². The highest BCUT2D eigenvalue weighted by atomic mass is 35.5. The molecule has 1 atom stereocenters. The molecule has 1 unspecified atom stereocenters. The number of hydrogen-bond donors (Lipinski definition) is 3. The number of rotatable bonds is 6. The van der Waals surface area contributed by atoms with Gasteiger partial charge in [-0.15, -0.1) is 0 Å². The molecule has 3 N–H and O–H groups in total. The van der Waals surface area contributed by atoms with Crippen molar-refractivity contribution in [2.45, 2.75) is 31.7 Å². The third-order valence-electron chi connectivity index (χ3n) is 5.97. The van der Waals surface area contributed by atoms with Gasteiger partial charge in [0.15, 0.2) is 0 Å². The first kappa shape index (κ1) is 23.9. The number of carbonyl (C=O) groups is 1. The number of methoxy groups -OCH3 is 1. The zero-order valence-electron chi connectivity index (χ0n) is 18.8. The second-order valence-corrected chi connectivity index (χ2v) is 8.68. The molecule has 0 fully saturated rings. The van der Waals surface area contributed by atoms with Gasteiger partial charge in [0.2, 0.25) is 0 Å². The monoisotopic (exact) mass is 482 g/mol. The molecule has 1 heterocycles. The van der Waals surface area contributed by atoms with Gasteiger partial charge < -0.3 is 19.8 Å². The Bertz CT molecular complexity index is 1150. The Morgan fingerprint density at radius 3 is 2.65 bits per heavy atom. The van der Waals surface area contributed by atoms with Crippen molar-refractivity contribution in [2.75, 3.05) is 19.0 Å². The number of hydrogen-bond acceptors (Lipinski definition) is 6. The SMILES string of the molecule is COc1ccc(OC(=O)Nc2cccc(CCC3Cc4cc(O)c(Cl)cc4CCN3O)c2)cc1. The van der Waals surface area contributed by atoms with Crippen LogP contribution in [0.15, 0.2) is 60.7 Å². The Morgan fingerprint density at radius 2 is 1.88 bits per heavy atom. The quantitative estimate of drug-likeness (QED) is 0.432. The van der Waals surface area contributed by atoms with E-state index in [1.165, 1.54) is 5.06 Å². The van der Waals surface area contributed by atoms with Crippen molar-refractivity contribution in [1.82, 2.24) is 5.06 Å². The normalized spacial score (nSPS) is 15.8. The van der Waals surface area contributed by atoms with Crippen LogP contribution in [0.3, 0.4) is 0 Å². The number of phenols is 1. The molecule has 0 aliphatic carbocycles. The Morgan fingerprint density at radius 1 is 1.12 bits per heavy atom. The highest BCUT2D eigenvalue weighted by Gasteiger charge is 2.23. The Hall–Kier alpha value is -3.26. The van der Waals surface area contributed by atoms with E-state index in [-0.39, 0.29) is 11.8 Å². The van der Waals surface area contributed by atoms with Crippen LogP contribution in [0.4, 0.5) is 10.5 Å². The van der Waals surface area contributed by atoms with E-state index in [1.54, 1.807) is 49.6 Å². The van der Waals surface area contributed by atoms with Crippen molar-refractivity contribution >= 4 is 23.4 Å². The number of hydroxylamine groups is 2. The van der Waals surface area contributed by atoms with E-state index in [9.17, 15) is 15.1 Å². The molecule has 3 aromatic rings. The van der Waals surface area contributed by atoms with Crippen molar-refractivity contribution in [3.63, 3.8) is 0 Å². The zero-order valence-corrected chi connectivity index (χ0v) is 19.6. The van der Waals surface area contributed by atoms with E-state index in [1.807, 2.05) is 18.2 Å². The molecule has 8 heteroatoms. The molecule has 7 nitrogen and oxygen atoms in total. The maximum atomic E-state index is 12.3. The second kappa shape index (κ2) is 10.8. The maximum absolute atomic E-state index is 12.3. The number of aromatic hydroxyl groups is 1. The van der Waals surface area contributed by atoms with Crippen molar-refractivity contribution in [3.8, 4) is 17.2 Å². The van der Waals surface area contributed by atoms with E-state index in [4.69, 9.17) is 21.1 Å². The van der Waals surface area contributed by atoms with Crippen molar-refractivity contribution < 1.29 is 24.6 Å². The van der Waals surface area contributed by atoms with Crippen molar-refractivity contribution in [1.29, 1.82) is 0 Å². The Labute approximate surface area is 203 Å². The van der Waals surface area contributed by atoms with Crippen LogP contribution in [0, 0.1) is 0 Å². The molecular formula is C26H27ClN2O5. The molecule has 0 saturated carbocycles. The molecule has 1 aliphatic heterocycles. The van der Waals surface area contributed by atoms with Crippen molar-refractivity contribution in [2.24, 2.45) is 0 Å². The standard InChI is InChI=1S/C26H27ClN2O5/c1-33-22-7-9-23(10-8-22)34-26(31)28-20-4-2-3-17(13-20)5-6-21-14-19-16-25(30)24(27)15-18(19)11-12-29(21)32/h2-4,7-10,13,15-16,21,30,32H,5-6,11-12,14H2,1H3,(H,28,31). The number of fused-ring (bicyclic) bond motifs is 1. The van der Waals surface area contributed by atoms with Gasteiger partial charge in [-0.25, -0.2) is 4.79 Å². The number of nitrogens with one attached hydrogen (secondary N) is 1. The summed E-state index contributed by atoms with van der Waals surface area (Å²) in [6.07, 6.45) is 2.11. The first-order chi connectivity index (χ1) is 16.4. The topological polar surface area (TPSA) is 91.3 Å². The van der Waals surface area contributed by atoms with Crippen LogP contribution >= 0.6 is 11.6 Å². The third-order valence-corrected chi connectivity index (χ3v) is 6.27. The summed E-state index contributed by atoms with van der Waals surface area (Å²) in [5.41, 5.74) is 3.70. The van der Waals surface area contributed by atoms with Gasteiger partial charge in [0, 0.05) is 18.3 Å². The molecule has 0 radical (unpaired) electrons. The molecule has 4 rings (SSSR count). The molecule has 178 valence electrons. The minimum absolute atomic E-state index is 0.0610. The van der Waals surface area contributed by atoms with E-state index in [0.29, 0.717) is 54.4 Å². The summed E-state index contributed by atoms with van der Waals surface area (Å²) in [5.74, 6) is 1.16. The molecular weight excluding hydrogens is 456 g/mol. The summed E-state index contributed by atoms with van der Waals surface area (Å²) in [6.45, 7) is 0.498. The number of carbonyl (C=O) groups excluding carboxylic acids is 1. The van der Waals surface area contributed by atoms with E-state index in [2.05, 4.69) is 5.32 Å². The van der Waals surface area contributed by atoms with Crippen LogP contribution in [0.25, 0.3) is 0 Å². The minimum atomic E-state index is -0.581. The predicted octanol–water partition coefficient (Wildman–Crippen LogP) is 5.46. The van der Waals surface area contributed by atoms with Gasteiger partial charge in [-0.2, -0.15) is 5.06 Å². The number of halogens is 1. The molecule has 0 spiro atoms. The molecule has 0 saturated heterocycles. The first-order valence-electron chi connectivity index (χ1n) is 11.1. The minimum Gasteiger partial charge on any atom is -0.506 e. The number of phenolic OH excluding ortho intramolecular Hbond substituents is 1. The predicted molar refractivity (Wildman–Crippen MR) is 130 cm³/mol. The van der Waals surface area contributed by atoms with Gasteiger partial charge in [-0.05, 0) is 90.9 Å². The highest BCUT2D eigenvalue weighted by Crippen LogP contribution is 2.31. The van der Waals surface area contributed by atoms with Crippen LogP contribution in [0.5, 0.6) is 17.2 Å². The number of amides is 1. The maximum Gasteiger partial charge on any atom is 0.417 e. The lowest BCUT2D eigenvalue weighted by atomic mass is 9.96. The van der Waals surface area contributed by atoms with Gasteiger partial charge in [0.25, 0.3) is 0 Å². The van der Waals surface area contributed by atoms with Crippen LogP contribution in [-0.4, -0.2) is 41.2 Å². The van der Waals surface area contributed by atoms with Gasteiger partial charge in [0.05, 0.1) is 12.1 Å². The summed E-state index contributed by atoms with van der Waals surface area (Å²) in [6, 6.07) is 17.7. The summed E-state index contributed by atoms with van der Waals surface area (Å²) in [7, 11) is 1.57. The molecule has 0 aromatic heterocycles. The number of anilines is 1. The van der Waals surface area contributed by atoms with Crippen LogP contribution < -0.4 is 14.8 Å². The average Bonchev–Trinajstić information content (AvgIpc) is 2.97. The van der Waals surface area contributed by atoms with E-state index >= 15 is 0 Å². The molecule has 1 amide bonds. The average molecular weight is 483 g/mol. The van der Waals surface area contributed by atoms with Gasteiger partial charge >= 0.3 is 6.09 Å². The van der Waals surface area contributed by atoms with E-state index < -0.39 is 6.09 Å². The summed E-state index contributed by atoms with van der Waals surface area (Å²) in [5, 5.41) is 25.0. The van der Waals surface area contributed by atoms with Gasteiger partial charge in [0.1, 0.15) is 17.2 Å². The summed E-state index contributed by atoms with van der Waals surface area (Å²) < 4.78 is 10.4. The fraction of sp³-hybridized carbons (Fsp3) is 0.269. The number of ether oxygens (including phenoxy) is 2. The summed E-state index contributed by atoms with van der Waals surface area (Å²) >= 11 is 6.05. The smallest absolute Gasteiger partial charge is 0.417 e. The lowest BCUT2D eigenvalue weighted by molar-refractivity contribution is -0.125. The zero-order chi connectivity index (χ0) is 24.1. The van der Waals surface area contributed by atoms with Gasteiger partial charge in [-0.3, -0.25) is 5.32 Å². The highest BCUT2D eigenvalue weighted by molar-refractivity contribution is 6.32. The lowest BCUT2D eigenvalue weighted by Gasteiger charge is -2.24. The molecule has 1 aliphatic rings. The van der Waals surface area contributed by atoms with Crippen LogP contribution in [0.2, 0.25) is 5.02 Å². The summed E-state index contributed by atoms with van der Waals surface area (Å²) in [4.78, 5) is 12.3. The Kier molecular flexibility index (Phi) is 7.57. The largest absolute Gasteiger partial charge is 0.506 e. The van der Waals surface area contributed by atoms with Gasteiger partial charge in [-0.1, -0.05) is 23.7 Å². The number of benzene rings is 3. The first-order valence-corrected chi connectivity index (χ1v) is 11.5. The Balaban J connectivity index is 1.36. The number of nitrogens with zero attached hydrogens (tertiary/aromatic N) is 1. The van der Waals surface area contributed by atoms with Crippen LogP contribution in [0.1, 0.15) is 23.1 Å². The number of aryl methyl sites for hydroxylation is 1. The second-order valence-electron chi connectivity index (χ2n) is 8.27.